The minimum absolute atomic E-state index is 0.300. The molecule has 120 valence electrons. The van der Waals surface area contributed by atoms with Crippen molar-refractivity contribution in [2.24, 2.45) is 0 Å². The minimum atomic E-state index is -0.414. The van der Waals surface area contributed by atoms with E-state index in [4.69, 9.17) is 16.3 Å². The molecule has 0 aliphatic rings. The van der Waals surface area contributed by atoms with Gasteiger partial charge in [-0.3, -0.25) is 4.79 Å². The molecular formula is C19H13ClFNO2. The monoisotopic (exact) mass is 341 g/mol. The fourth-order valence-corrected chi connectivity index (χ4v) is 2.53. The van der Waals surface area contributed by atoms with Crippen molar-refractivity contribution in [1.29, 1.82) is 0 Å². The van der Waals surface area contributed by atoms with Gasteiger partial charge in [-0.15, -0.1) is 0 Å². The second-order valence-electron chi connectivity index (χ2n) is 5.13. The second kappa shape index (κ2) is 6.81. The summed E-state index contributed by atoms with van der Waals surface area (Å²) in [6.07, 6.45) is 3.23. The van der Waals surface area contributed by atoms with E-state index in [1.807, 2.05) is 12.1 Å². The minimum Gasteiger partial charge on any atom is -0.424 e. The lowest BCUT2D eigenvalue weighted by Crippen LogP contribution is -2.02. The lowest BCUT2D eigenvalue weighted by Gasteiger charge is -2.06. The Hall–Kier alpha value is -2.72. The highest BCUT2D eigenvalue weighted by atomic mass is 35.5. The first-order chi connectivity index (χ1) is 11.5. The summed E-state index contributed by atoms with van der Waals surface area (Å²) in [5.74, 6) is -0.428. The molecule has 1 heterocycles. The Morgan fingerprint density at radius 2 is 1.92 bits per heavy atom. The molecule has 2 aromatic carbocycles. The lowest BCUT2D eigenvalue weighted by molar-refractivity contribution is -0.131. The molecule has 0 saturated heterocycles. The molecule has 5 heteroatoms. The van der Waals surface area contributed by atoms with Crippen LogP contribution in [0.25, 0.3) is 23.1 Å². The Bertz CT molecular complexity index is 933. The van der Waals surface area contributed by atoms with Crippen molar-refractivity contribution in [3.05, 3.63) is 70.6 Å². The van der Waals surface area contributed by atoms with Gasteiger partial charge in [0.1, 0.15) is 11.3 Å². The van der Waals surface area contributed by atoms with Crippen LogP contribution in [0.2, 0.25) is 5.02 Å². The summed E-state index contributed by atoms with van der Waals surface area (Å²) >= 11 is 6.00. The Morgan fingerprint density at radius 3 is 2.67 bits per heavy atom. The number of fused-ring (bicyclic) bond motifs is 1. The van der Waals surface area contributed by atoms with Crippen LogP contribution in [0.1, 0.15) is 18.2 Å². The van der Waals surface area contributed by atoms with Crippen LogP contribution in [-0.4, -0.2) is 11.0 Å². The van der Waals surface area contributed by atoms with Gasteiger partial charge in [-0.05, 0) is 36.4 Å². The molecule has 0 amide bonds. The van der Waals surface area contributed by atoms with Crippen LogP contribution in [0.15, 0.2) is 48.5 Å². The smallest absolute Gasteiger partial charge is 0.308 e. The fraction of sp³-hybridized carbons (Fsp3) is 0.0526. The number of esters is 1. The van der Waals surface area contributed by atoms with Gasteiger partial charge >= 0.3 is 5.97 Å². The van der Waals surface area contributed by atoms with Crippen LogP contribution < -0.4 is 4.74 Å². The summed E-state index contributed by atoms with van der Waals surface area (Å²) in [6.45, 7) is 1.34. The Labute approximate surface area is 143 Å². The number of ether oxygens (including phenoxy) is 1. The third-order valence-corrected chi connectivity index (χ3v) is 3.71. The van der Waals surface area contributed by atoms with E-state index in [-0.39, 0.29) is 0 Å². The number of aromatic nitrogens is 1. The fourth-order valence-electron chi connectivity index (χ4n) is 2.30. The maximum Gasteiger partial charge on any atom is 0.308 e. The van der Waals surface area contributed by atoms with Gasteiger partial charge in [0.15, 0.2) is 5.75 Å². The number of hydrogen-bond donors (Lipinski definition) is 0. The van der Waals surface area contributed by atoms with Gasteiger partial charge in [0, 0.05) is 17.9 Å². The zero-order valence-corrected chi connectivity index (χ0v) is 13.5. The molecule has 0 aliphatic carbocycles. The molecule has 0 aliphatic heterocycles. The third-order valence-electron chi connectivity index (χ3n) is 3.38. The number of carbonyl (C=O) groups excluding carboxylic acids is 1. The van der Waals surface area contributed by atoms with Crippen molar-refractivity contribution in [3.63, 3.8) is 0 Å². The highest BCUT2D eigenvalue weighted by Crippen LogP contribution is 2.25. The number of nitrogens with zero attached hydrogens (tertiary/aromatic N) is 1. The molecule has 0 unspecified atom stereocenters. The molecule has 0 fully saturated rings. The maximum absolute atomic E-state index is 13.8. The van der Waals surface area contributed by atoms with Gasteiger partial charge in [-0.1, -0.05) is 35.9 Å². The summed E-state index contributed by atoms with van der Waals surface area (Å²) in [5.41, 5.74) is 1.46. The highest BCUT2D eigenvalue weighted by Gasteiger charge is 2.07. The SMILES string of the molecule is CC(=O)Oc1cccc2ccc(/C=C/c3c(F)cccc3Cl)nc12. The van der Waals surface area contributed by atoms with Crippen LogP contribution >= 0.6 is 11.6 Å². The van der Waals surface area contributed by atoms with Crippen LogP contribution in [0, 0.1) is 5.82 Å². The van der Waals surface area contributed by atoms with Gasteiger partial charge < -0.3 is 4.74 Å². The van der Waals surface area contributed by atoms with Gasteiger partial charge in [-0.2, -0.15) is 0 Å². The van der Waals surface area contributed by atoms with Gasteiger partial charge in [0.2, 0.25) is 0 Å². The number of pyridine rings is 1. The predicted octanol–water partition coefficient (Wildman–Crippen LogP) is 5.12. The van der Waals surface area contributed by atoms with Crippen LogP contribution in [0.3, 0.4) is 0 Å². The number of para-hydroxylation sites is 1. The molecule has 0 saturated carbocycles. The summed E-state index contributed by atoms with van der Waals surface area (Å²) in [5, 5.41) is 1.17. The normalized spacial score (nSPS) is 11.1. The van der Waals surface area contributed by atoms with E-state index in [0.717, 1.165) is 5.39 Å². The molecule has 0 radical (unpaired) electrons. The average Bonchev–Trinajstić information content (AvgIpc) is 2.54. The van der Waals surface area contributed by atoms with E-state index in [1.54, 1.807) is 42.5 Å². The van der Waals surface area contributed by atoms with E-state index in [1.165, 1.54) is 13.0 Å². The summed E-state index contributed by atoms with van der Waals surface area (Å²) in [6, 6.07) is 13.5. The molecule has 24 heavy (non-hydrogen) atoms. The van der Waals surface area contributed by atoms with Crippen molar-refractivity contribution >= 4 is 40.6 Å². The van der Waals surface area contributed by atoms with Crippen molar-refractivity contribution in [2.45, 2.75) is 6.92 Å². The third kappa shape index (κ3) is 3.44. The second-order valence-corrected chi connectivity index (χ2v) is 5.53. The van der Waals surface area contributed by atoms with E-state index < -0.39 is 11.8 Å². The molecule has 0 atom stereocenters. The number of halogens is 2. The first kappa shape index (κ1) is 16.1. The average molecular weight is 342 g/mol. The Balaban J connectivity index is 2.01. The van der Waals surface area contributed by atoms with Gasteiger partial charge in [-0.25, -0.2) is 9.37 Å². The molecule has 1 aromatic heterocycles. The highest BCUT2D eigenvalue weighted by molar-refractivity contribution is 6.32. The van der Waals surface area contributed by atoms with Crippen molar-refractivity contribution in [2.75, 3.05) is 0 Å². The van der Waals surface area contributed by atoms with E-state index in [0.29, 0.717) is 27.5 Å². The zero-order valence-electron chi connectivity index (χ0n) is 12.8. The van der Waals surface area contributed by atoms with E-state index in [9.17, 15) is 9.18 Å². The quantitative estimate of drug-likeness (QED) is 0.490. The van der Waals surface area contributed by atoms with Gasteiger partial charge in [0.25, 0.3) is 0 Å². The molecule has 0 bridgehead atoms. The lowest BCUT2D eigenvalue weighted by atomic mass is 10.1. The Kier molecular flexibility index (Phi) is 4.58. The molecule has 3 aromatic rings. The van der Waals surface area contributed by atoms with Crippen LogP contribution in [-0.2, 0) is 4.79 Å². The largest absolute Gasteiger partial charge is 0.424 e. The number of hydrogen-bond acceptors (Lipinski definition) is 3. The van der Waals surface area contributed by atoms with Crippen LogP contribution in [0.5, 0.6) is 5.75 Å². The standard InChI is InChI=1S/C19H13ClFNO2/c1-12(23)24-18-7-2-4-13-8-9-14(22-19(13)18)10-11-15-16(20)5-3-6-17(15)21/h2-11H,1H3/b11-10+. The molecule has 0 N–H and O–H groups in total. The number of carbonyl (C=O) groups is 1. The number of rotatable bonds is 3. The zero-order chi connectivity index (χ0) is 17.1. The first-order valence-electron chi connectivity index (χ1n) is 7.25. The first-order valence-corrected chi connectivity index (χ1v) is 7.62. The van der Waals surface area contributed by atoms with Crippen molar-refractivity contribution in [1.82, 2.24) is 4.98 Å². The summed E-state index contributed by atoms with van der Waals surface area (Å²) in [4.78, 5) is 15.7. The van der Waals surface area contributed by atoms with E-state index in [2.05, 4.69) is 4.98 Å². The molecular weight excluding hydrogens is 329 g/mol. The van der Waals surface area contributed by atoms with Crippen LogP contribution in [0.4, 0.5) is 4.39 Å². The van der Waals surface area contributed by atoms with Gasteiger partial charge in [0.05, 0.1) is 10.7 Å². The molecule has 3 rings (SSSR count). The topological polar surface area (TPSA) is 39.2 Å². The van der Waals surface area contributed by atoms with Crippen molar-refractivity contribution in [3.8, 4) is 5.75 Å². The number of benzene rings is 2. The predicted molar refractivity (Wildman–Crippen MR) is 93.4 cm³/mol. The molecule has 3 nitrogen and oxygen atoms in total. The molecule has 0 spiro atoms. The maximum atomic E-state index is 13.8. The van der Waals surface area contributed by atoms with Crippen molar-refractivity contribution < 1.29 is 13.9 Å². The van der Waals surface area contributed by atoms with E-state index >= 15 is 0 Å². The summed E-state index contributed by atoms with van der Waals surface area (Å²) in [7, 11) is 0. The Morgan fingerprint density at radius 1 is 1.12 bits per heavy atom. The summed E-state index contributed by atoms with van der Waals surface area (Å²) < 4.78 is 19.0.